The first-order valence-corrected chi connectivity index (χ1v) is 8.36. The van der Waals surface area contributed by atoms with E-state index in [4.69, 9.17) is 4.74 Å². The van der Waals surface area contributed by atoms with Crippen molar-refractivity contribution >= 4 is 11.9 Å². The van der Waals surface area contributed by atoms with E-state index in [-0.39, 0.29) is 24.0 Å². The number of rotatable bonds is 4. The number of nitrogens with one attached hydrogen (secondary N) is 1. The van der Waals surface area contributed by atoms with Gasteiger partial charge in [-0.3, -0.25) is 4.79 Å². The Morgan fingerprint density at radius 3 is 2.08 bits per heavy atom. The molecule has 1 N–H and O–H groups in total. The highest BCUT2D eigenvalue weighted by Crippen LogP contribution is 2.23. The van der Waals surface area contributed by atoms with E-state index in [0.717, 1.165) is 25.7 Å². The summed E-state index contributed by atoms with van der Waals surface area (Å²) in [6.07, 6.45) is 3.35. The number of carbonyl (C=O) groups is 2. The van der Waals surface area contributed by atoms with Gasteiger partial charge in [0.2, 0.25) is 0 Å². The summed E-state index contributed by atoms with van der Waals surface area (Å²) < 4.78 is 5.67. The molecule has 124 valence electrons. The van der Waals surface area contributed by atoms with Crippen LogP contribution in [0.2, 0.25) is 0 Å². The van der Waals surface area contributed by atoms with Crippen molar-refractivity contribution in [2.24, 2.45) is 0 Å². The molecule has 0 saturated heterocycles. The fourth-order valence-corrected chi connectivity index (χ4v) is 3.02. The monoisotopic (exact) mass is 323 g/mol. The zero-order valence-corrected chi connectivity index (χ0v) is 13.5. The van der Waals surface area contributed by atoms with Crippen molar-refractivity contribution in [1.29, 1.82) is 0 Å². The summed E-state index contributed by atoms with van der Waals surface area (Å²) in [4.78, 5) is 24.6. The van der Waals surface area contributed by atoms with Gasteiger partial charge in [0.1, 0.15) is 6.10 Å². The quantitative estimate of drug-likeness (QED) is 0.875. The van der Waals surface area contributed by atoms with Crippen molar-refractivity contribution < 1.29 is 14.3 Å². The lowest BCUT2D eigenvalue weighted by Gasteiger charge is -2.31. The topological polar surface area (TPSA) is 55.4 Å². The van der Waals surface area contributed by atoms with Gasteiger partial charge in [0, 0.05) is 5.56 Å². The summed E-state index contributed by atoms with van der Waals surface area (Å²) in [5, 5.41) is 3.03. The van der Waals surface area contributed by atoms with Gasteiger partial charge in [-0.1, -0.05) is 42.8 Å². The number of hydrogen-bond acceptors (Lipinski definition) is 3. The first kappa shape index (κ1) is 16.2. The Bertz CT molecular complexity index is 623. The molecule has 4 heteroatoms. The first-order chi connectivity index (χ1) is 11.7. The molecule has 1 amide bonds. The van der Waals surface area contributed by atoms with Crippen LogP contribution in [0.3, 0.4) is 0 Å². The maximum atomic E-state index is 12.4. The van der Waals surface area contributed by atoms with Crippen LogP contribution < -0.4 is 5.32 Å². The smallest absolute Gasteiger partial charge is 0.338 e. The highest BCUT2D eigenvalue weighted by molar-refractivity contribution is 5.94. The SMILES string of the molecule is O=C(N[C@@H]1CCCC[C@H]1OC(=O)c1ccccc1)c1ccccc1. The molecule has 1 aliphatic rings. The van der Waals surface area contributed by atoms with Crippen LogP contribution in [0.25, 0.3) is 0 Å². The minimum absolute atomic E-state index is 0.122. The number of esters is 1. The van der Waals surface area contributed by atoms with E-state index in [0.29, 0.717) is 11.1 Å². The molecule has 3 rings (SSSR count). The fraction of sp³-hybridized carbons (Fsp3) is 0.300. The van der Waals surface area contributed by atoms with Gasteiger partial charge in [0.15, 0.2) is 0 Å². The van der Waals surface area contributed by atoms with Crippen molar-refractivity contribution in [1.82, 2.24) is 5.32 Å². The maximum Gasteiger partial charge on any atom is 0.338 e. The standard InChI is InChI=1S/C20H21NO3/c22-19(15-9-3-1-4-10-15)21-17-13-7-8-14-18(17)24-20(23)16-11-5-2-6-12-16/h1-6,9-12,17-18H,7-8,13-14H2,(H,21,22)/t17-,18-/m1/s1. The Morgan fingerprint density at radius 1 is 0.833 bits per heavy atom. The molecule has 4 nitrogen and oxygen atoms in total. The van der Waals surface area contributed by atoms with Gasteiger partial charge in [-0.2, -0.15) is 0 Å². The Morgan fingerprint density at radius 2 is 1.42 bits per heavy atom. The molecule has 0 aliphatic heterocycles. The predicted molar refractivity (Wildman–Crippen MR) is 91.8 cm³/mol. The third-order valence-electron chi connectivity index (χ3n) is 4.32. The van der Waals surface area contributed by atoms with E-state index in [2.05, 4.69) is 5.32 Å². The molecule has 0 radical (unpaired) electrons. The van der Waals surface area contributed by atoms with Crippen molar-refractivity contribution in [3.05, 3.63) is 71.8 Å². The van der Waals surface area contributed by atoms with Gasteiger partial charge in [0.05, 0.1) is 11.6 Å². The average Bonchev–Trinajstić information content (AvgIpc) is 2.64. The van der Waals surface area contributed by atoms with Crippen molar-refractivity contribution in [2.45, 2.75) is 37.8 Å². The van der Waals surface area contributed by atoms with Crippen molar-refractivity contribution in [2.75, 3.05) is 0 Å². The van der Waals surface area contributed by atoms with Crippen LogP contribution in [0, 0.1) is 0 Å². The van der Waals surface area contributed by atoms with E-state index < -0.39 is 0 Å². The van der Waals surface area contributed by atoms with Crippen LogP contribution in [0.4, 0.5) is 0 Å². The molecule has 0 unspecified atom stereocenters. The zero-order chi connectivity index (χ0) is 16.8. The summed E-state index contributed by atoms with van der Waals surface area (Å²) in [6, 6.07) is 17.9. The number of carbonyl (C=O) groups excluding carboxylic acids is 2. The highest BCUT2D eigenvalue weighted by Gasteiger charge is 2.30. The molecular formula is C20H21NO3. The molecule has 0 heterocycles. The Hall–Kier alpha value is -2.62. The number of hydrogen-bond donors (Lipinski definition) is 1. The summed E-state index contributed by atoms with van der Waals surface area (Å²) >= 11 is 0. The summed E-state index contributed by atoms with van der Waals surface area (Å²) in [7, 11) is 0. The van der Waals surface area contributed by atoms with E-state index >= 15 is 0 Å². The lowest BCUT2D eigenvalue weighted by atomic mass is 9.92. The first-order valence-electron chi connectivity index (χ1n) is 8.36. The number of amides is 1. The highest BCUT2D eigenvalue weighted by atomic mass is 16.5. The summed E-state index contributed by atoms with van der Waals surface area (Å²) in [5.74, 6) is -0.454. The molecular weight excluding hydrogens is 302 g/mol. The van der Waals surface area contributed by atoms with Gasteiger partial charge < -0.3 is 10.1 Å². The number of ether oxygens (including phenoxy) is 1. The van der Waals surface area contributed by atoms with E-state index in [1.165, 1.54) is 0 Å². The minimum Gasteiger partial charge on any atom is -0.457 e. The van der Waals surface area contributed by atoms with Gasteiger partial charge in [0.25, 0.3) is 5.91 Å². The van der Waals surface area contributed by atoms with Crippen LogP contribution in [-0.4, -0.2) is 24.0 Å². The molecule has 1 saturated carbocycles. The van der Waals surface area contributed by atoms with Crippen molar-refractivity contribution in [3.8, 4) is 0 Å². The fourth-order valence-electron chi connectivity index (χ4n) is 3.02. The number of benzene rings is 2. The third kappa shape index (κ3) is 4.02. The lowest BCUT2D eigenvalue weighted by molar-refractivity contribution is 0.0100. The van der Waals surface area contributed by atoms with Crippen LogP contribution >= 0.6 is 0 Å². The largest absolute Gasteiger partial charge is 0.457 e. The van der Waals surface area contributed by atoms with Gasteiger partial charge >= 0.3 is 5.97 Å². The van der Waals surface area contributed by atoms with Crippen LogP contribution in [0.1, 0.15) is 46.4 Å². The Kier molecular flexibility index (Phi) is 5.26. The Balaban J connectivity index is 1.65. The van der Waals surface area contributed by atoms with Gasteiger partial charge in [-0.25, -0.2) is 4.79 Å². The van der Waals surface area contributed by atoms with Crippen molar-refractivity contribution in [3.63, 3.8) is 0 Å². The normalized spacial score (nSPS) is 20.2. The van der Waals surface area contributed by atoms with Crippen LogP contribution in [0.5, 0.6) is 0 Å². The molecule has 0 aromatic heterocycles. The Labute approximate surface area is 141 Å². The predicted octanol–water partition coefficient (Wildman–Crippen LogP) is 3.58. The maximum absolute atomic E-state index is 12.4. The third-order valence-corrected chi connectivity index (χ3v) is 4.32. The molecule has 0 spiro atoms. The summed E-state index contributed by atoms with van der Waals surface area (Å²) in [5.41, 5.74) is 1.16. The molecule has 1 aliphatic carbocycles. The minimum atomic E-state index is -0.332. The molecule has 1 fully saturated rings. The van der Waals surface area contributed by atoms with Gasteiger partial charge in [-0.15, -0.1) is 0 Å². The second-order valence-corrected chi connectivity index (χ2v) is 6.04. The second-order valence-electron chi connectivity index (χ2n) is 6.04. The van der Waals surface area contributed by atoms with Crippen LogP contribution in [-0.2, 0) is 4.74 Å². The van der Waals surface area contributed by atoms with Crippen LogP contribution in [0.15, 0.2) is 60.7 Å². The summed E-state index contributed by atoms with van der Waals surface area (Å²) in [6.45, 7) is 0. The van der Waals surface area contributed by atoms with Gasteiger partial charge in [-0.05, 0) is 43.5 Å². The zero-order valence-electron chi connectivity index (χ0n) is 13.5. The second kappa shape index (κ2) is 7.77. The molecule has 0 bridgehead atoms. The van der Waals surface area contributed by atoms with E-state index in [1.54, 1.807) is 24.3 Å². The average molecular weight is 323 g/mol. The molecule has 2 aromatic carbocycles. The molecule has 24 heavy (non-hydrogen) atoms. The molecule has 2 aromatic rings. The van der Waals surface area contributed by atoms with E-state index in [1.807, 2.05) is 36.4 Å². The van der Waals surface area contributed by atoms with E-state index in [9.17, 15) is 9.59 Å². The molecule has 2 atom stereocenters. The lowest BCUT2D eigenvalue weighted by Crippen LogP contribution is -2.47.